The van der Waals surface area contributed by atoms with Gasteiger partial charge >= 0.3 is 5.97 Å². The van der Waals surface area contributed by atoms with Crippen LogP contribution in [0.15, 0.2) is 35.3 Å². The molecule has 0 unspecified atom stereocenters. The number of hydrogen-bond donors (Lipinski definition) is 1. The SMILES string of the molecule is CCOC(=O)CCCNC(=NC)N1CCN(Cc2ccccc2)CC1. The van der Waals surface area contributed by atoms with E-state index < -0.39 is 0 Å². The topological polar surface area (TPSA) is 57.2 Å². The summed E-state index contributed by atoms with van der Waals surface area (Å²) in [5.74, 6) is 0.789. The molecule has 1 aliphatic heterocycles. The minimum Gasteiger partial charge on any atom is -0.466 e. The highest BCUT2D eigenvalue weighted by Gasteiger charge is 2.19. The average Bonchev–Trinajstić information content (AvgIpc) is 2.64. The number of aliphatic imine (C=N–C) groups is 1. The van der Waals surface area contributed by atoms with Gasteiger partial charge in [0, 0.05) is 52.7 Å². The molecule has 1 fully saturated rings. The van der Waals surface area contributed by atoms with Crippen molar-refractivity contribution >= 4 is 11.9 Å². The van der Waals surface area contributed by atoms with Gasteiger partial charge in [-0.1, -0.05) is 30.3 Å². The van der Waals surface area contributed by atoms with E-state index in [-0.39, 0.29) is 5.97 Å². The summed E-state index contributed by atoms with van der Waals surface area (Å²) in [5.41, 5.74) is 1.36. The highest BCUT2D eigenvalue weighted by molar-refractivity contribution is 5.80. The van der Waals surface area contributed by atoms with Crippen molar-refractivity contribution < 1.29 is 9.53 Å². The van der Waals surface area contributed by atoms with Crippen LogP contribution < -0.4 is 5.32 Å². The van der Waals surface area contributed by atoms with Crippen LogP contribution in [-0.2, 0) is 16.1 Å². The molecule has 0 saturated carbocycles. The quantitative estimate of drug-likeness (QED) is 0.353. The van der Waals surface area contributed by atoms with Gasteiger partial charge in [0.05, 0.1) is 6.61 Å². The molecule has 1 aromatic carbocycles. The lowest BCUT2D eigenvalue weighted by molar-refractivity contribution is -0.143. The van der Waals surface area contributed by atoms with E-state index in [2.05, 4.69) is 50.4 Å². The molecule has 0 bridgehead atoms. The molecule has 0 atom stereocenters. The number of carbonyl (C=O) groups is 1. The molecule has 138 valence electrons. The zero-order chi connectivity index (χ0) is 17.9. The third-order valence-corrected chi connectivity index (χ3v) is 4.28. The van der Waals surface area contributed by atoms with Crippen LogP contribution in [-0.4, -0.2) is 68.1 Å². The van der Waals surface area contributed by atoms with Gasteiger partial charge in [-0.3, -0.25) is 14.7 Å². The molecule has 0 aliphatic carbocycles. The fraction of sp³-hybridized carbons (Fsp3) is 0.579. The smallest absolute Gasteiger partial charge is 0.305 e. The number of guanidine groups is 1. The minimum absolute atomic E-state index is 0.131. The molecule has 1 saturated heterocycles. The summed E-state index contributed by atoms with van der Waals surface area (Å²) in [7, 11) is 1.81. The van der Waals surface area contributed by atoms with Crippen molar-refractivity contribution in [2.45, 2.75) is 26.3 Å². The van der Waals surface area contributed by atoms with Gasteiger partial charge in [0.1, 0.15) is 0 Å². The summed E-state index contributed by atoms with van der Waals surface area (Å²) in [4.78, 5) is 20.5. The summed E-state index contributed by atoms with van der Waals surface area (Å²) in [6, 6.07) is 10.6. The molecule has 0 aromatic heterocycles. The normalized spacial score (nSPS) is 15.9. The highest BCUT2D eigenvalue weighted by atomic mass is 16.5. The second-order valence-corrected chi connectivity index (χ2v) is 6.13. The van der Waals surface area contributed by atoms with Crippen molar-refractivity contribution in [2.24, 2.45) is 4.99 Å². The van der Waals surface area contributed by atoms with Gasteiger partial charge in [-0.05, 0) is 18.9 Å². The number of hydrogen-bond acceptors (Lipinski definition) is 4. The second kappa shape index (κ2) is 10.7. The molecular formula is C19H30N4O2. The average molecular weight is 346 g/mol. The van der Waals surface area contributed by atoms with Crippen LogP contribution >= 0.6 is 0 Å². The Balaban J connectivity index is 1.68. The fourth-order valence-corrected chi connectivity index (χ4v) is 2.96. The van der Waals surface area contributed by atoms with E-state index in [1.165, 1.54) is 5.56 Å². The number of nitrogens with one attached hydrogen (secondary N) is 1. The molecule has 2 rings (SSSR count). The van der Waals surface area contributed by atoms with E-state index in [0.29, 0.717) is 13.0 Å². The first kappa shape index (κ1) is 19.2. The number of esters is 1. The van der Waals surface area contributed by atoms with Crippen molar-refractivity contribution in [3.8, 4) is 0 Å². The summed E-state index contributed by atoms with van der Waals surface area (Å²) in [6.07, 6.45) is 1.20. The number of nitrogens with zero attached hydrogens (tertiary/aromatic N) is 3. The maximum Gasteiger partial charge on any atom is 0.305 e. The molecule has 0 amide bonds. The standard InChI is InChI=1S/C19H30N4O2/c1-3-25-18(24)10-7-11-21-19(20-2)23-14-12-22(13-15-23)16-17-8-5-4-6-9-17/h4-6,8-9H,3,7,10-16H2,1-2H3,(H,20,21). The van der Waals surface area contributed by atoms with Gasteiger partial charge in [-0.25, -0.2) is 0 Å². The van der Waals surface area contributed by atoms with E-state index in [1.807, 2.05) is 14.0 Å². The predicted octanol–water partition coefficient (Wildman–Crippen LogP) is 1.72. The van der Waals surface area contributed by atoms with Crippen LogP contribution in [0.5, 0.6) is 0 Å². The Labute approximate surface area is 150 Å². The van der Waals surface area contributed by atoms with E-state index in [4.69, 9.17) is 4.74 Å². The van der Waals surface area contributed by atoms with Crippen molar-refractivity contribution in [1.82, 2.24) is 15.1 Å². The molecule has 6 heteroatoms. The van der Waals surface area contributed by atoms with Crippen molar-refractivity contribution in [1.29, 1.82) is 0 Å². The molecule has 1 aromatic rings. The molecule has 25 heavy (non-hydrogen) atoms. The Hall–Kier alpha value is -2.08. The Bertz CT molecular complexity index is 540. The molecule has 1 heterocycles. The lowest BCUT2D eigenvalue weighted by atomic mass is 10.2. The van der Waals surface area contributed by atoms with Gasteiger partial charge in [0.25, 0.3) is 0 Å². The van der Waals surface area contributed by atoms with Crippen LogP contribution in [0.2, 0.25) is 0 Å². The molecule has 1 aliphatic rings. The lowest BCUT2D eigenvalue weighted by Gasteiger charge is -2.36. The maximum atomic E-state index is 11.3. The van der Waals surface area contributed by atoms with Crippen molar-refractivity contribution in [2.75, 3.05) is 46.4 Å². The lowest BCUT2D eigenvalue weighted by Crippen LogP contribution is -2.52. The van der Waals surface area contributed by atoms with Crippen molar-refractivity contribution in [3.63, 3.8) is 0 Å². The highest BCUT2D eigenvalue weighted by Crippen LogP contribution is 2.08. The Morgan fingerprint density at radius 1 is 1.20 bits per heavy atom. The number of benzene rings is 1. The molecule has 6 nitrogen and oxygen atoms in total. The number of ether oxygens (including phenoxy) is 1. The number of carbonyl (C=O) groups excluding carboxylic acids is 1. The first-order valence-electron chi connectivity index (χ1n) is 9.10. The van der Waals surface area contributed by atoms with Gasteiger partial charge < -0.3 is 15.0 Å². The van der Waals surface area contributed by atoms with Crippen LogP contribution in [0.25, 0.3) is 0 Å². The Morgan fingerprint density at radius 3 is 2.56 bits per heavy atom. The summed E-state index contributed by atoms with van der Waals surface area (Å²) < 4.78 is 4.94. The Morgan fingerprint density at radius 2 is 1.92 bits per heavy atom. The Kier molecular flexibility index (Phi) is 8.25. The molecular weight excluding hydrogens is 316 g/mol. The predicted molar refractivity (Wildman–Crippen MR) is 101 cm³/mol. The number of rotatable bonds is 7. The third kappa shape index (κ3) is 6.74. The van der Waals surface area contributed by atoms with E-state index in [1.54, 1.807) is 0 Å². The first-order chi connectivity index (χ1) is 12.2. The van der Waals surface area contributed by atoms with Gasteiger partial charge in [-0.15, -0.1) is 0 Å². The van der Waals surface area contributed by atoms with Crippen LogP contribution in [0.4, 0.5) is 0 Å². The van der Waals surface area contributed by atoms with Gasteiger partial charge in [-0.2, -0.15) is 0 Å². The molecule has 1 N–H and O–H groups in total. The first-order valence-corrected chi connectivity index (χ1v) is 9.10. The zero-order valence-corrected chi connectivity index (χ0v) is 15.4. The summed E-state index contributed by atoms with van der Waals surface area (Å²) in [6.45, 7) is 7.98. The van der Waals surface area contributed by atoms with Gasteiger partial charge in [0.2, 0.25) is 0 Å². The monoisotopic (exact) mass is 346 g/mol. The summed E-state index contributed by atoms with van der Waals surface area (Å²) >= 11 is 0. The summed E-state index contributed by atoms with van der Waals surface area (Å²) in [5, 5.41) is 3.35. The second-order valence-electron chi connectivity index (χ2n) is 6.13. The zero-order valence-electron chi connectivity index (χ0n) is 15.4. The van der Waals surface area contributed by atoms with Crippen LogP contribution in [0.1, 0.15) is 25.3 Å². The largest absolute Gasteiger partial charge is 0.466 e. The van der Waals surface area contributed by atoms with Crippen molar-refractivity contribution in [3.05, 3.63) is 35.9 Å². The fourth-order valence-electron chi connectivity index (χ4n) is 2.96. The maximum absolute atomic E-state index is 11.3. The minimum atomic E-state index is -0.131. The van der Waals surface area contributed by atoms with E-state index in [9.17, 15) is 4.79 Å². The number of piperazine rings is 1. The molecule has 0 radical (unpaired) electrons. The third-order valence-electron chi connectivity index (χ3n) is 4.28. The molecule has 0 spiro atoms. The van der Waals surface area contributed by atoms with Gasteiger partial charge in [0.15, 0.2) is 5.96 Å². The van der Waals surface area contributed by atoms with E-state index >= 15 is 0 Å². The van der Waals surface area contributed by atoms with Crippen LogP contribution in [0, 0.1) is 0 Å². The van der Waals surface area contributed by atoms with Crippen LogP contribution in [0.3, 0.4) is 0 Å². The van der Waals surface area contributed by atoms with E-state index in [0.717, 1.165) is 51.6 Å².